The normalized spacial score (nSPS) is 14.2. The standard InChI is InChI=1S/C21H20FNO6/c1-29-18-5-3-13(22)8-16(18)21(6-7-21)10-17(25)19(26)23-14-4-2-12(11-24)15(9-14)20(27)28/h2-5,8-9,24H,6-7,10-11H2,1H3,(H,23,26)(H,27,28). The van der Waals surface area contributed by atoms with Gasteiger partial charge in [-0.05, 0) is 48.7 Å². The number of ketones is 1. The second kappa shape index (κ2) is 8.00. The van der Waals surface area contributed by atoms with Gasteiger partial charge in [-0.25, -0.2) is 9.18 Å². The summed E-state index contributed by atoms with van der Waals surface area (Å²) in [5, 5.41) is 20.8. The number of aromatic carboxylic acids is 1. The lowest BCUT2D eigenvalue weighted by molar-refractivity contribution is -0.135. The molecule has 0 saturated heterocycles. The quantitative estimate of drug-likeness (QED) is 0.586. The number of aliphatic hydroxyl groups is 1. The van der Waals surface area contributed by atoms with E-state index in [1.165, 1.54) is 43.5 Å². The number of hydrogen-bond acceptors (Lipinski definition) is 5. The molecule has 3 N–H and O–H groups in total. The van der Waals surface area contributed by atoms with Gasteiger partial charge in [-0.1, -0.05) is 6.07 Å². The van der Waals surface area contributed by atoms with Crippen LogP contribution in [0.3, 0.4) is 0 Å². The fourth-order valence-corrected chi connectivity index (χ4v) is 3.37. The summed E-state index contributed by atoms with van der Waals surface area (Å²) in [5.74, 6) is -2.83. The molecule has 0 heterocycles. The number of rotatable bonds is 8. The number of carbonyl (C=O) groups excluding carboxylic acids is 2. The summed E-state index contributed by atoms with van der Waals surface area (Å²) in [6.45, 7) is -0.465. The zero-order valence-electron chi connectivity index (χ0n) is 15.7. The van der Waals surface area contributed by atoms with Crippen LogP contribution in [-0.4, -0.2) is 35.0 Å². The van der Waals surface area contributed by atoms with E-state index in [2.05, 4.69) is 5.32 Å². The summed E-state index contributed by atoms with van der Waals surface area (Å²) in [6, 6.07) is 8.04. The number of nitrogens with one attached hydrogen (secondary N) is 1. The molecule has 2 aromatic carbocycles. The van der Waals surface area contributed by atoms with Crippen molar-refractivity contribution in [2.45, 2.75) is 31.3 Å². The van der Waals surface area contributed by atoms with Crippen LogP contribution in [0, 0.1) is 5.82 Å². The third kappa shape index (κ3) is 4.27. The Bertz CT molecular complexity index is 983. The van der Waals surface area contributed by atoms with Crippen LogP contribution in [0.2, 0.25) is 0 Å². The number of carboxylic acid groups (broad SMARTS) is 1. The first kappa shape index (κ1) is 20.5. The van der Waals surface area contributed by atoms with Gasteiger partial charge in [-0.2, -0.15) is 0 Å². The highest BCUT2D eigenvalue weighted by atomic mass is 19.1. The van der Waals surface area contributed by atoms with Crippen molar-refractivity contribution in [1.82, 2.24) is 0 Å². The highest BCUT2D eigenvalue weighted by molar-refractivity contribution is 6.40. The van der Waals surface area contributed by atoms with Crippen LogP contribution >= 0.6 is 0 Å². The van der Waals surface area contributed by atoms with Crippen LogP contribution in [0.4, 0.5) is 10.1 Å². The van der Waals surface area contributed by atoms with Crippen molar-refractivity contribution in [2.24, 2.45) is 0 Å². The molecule has 1 aliphatic carbocycles. The molecular weight excluding hydrogens is 381 g/mol. The second-order valence-corrected chi connectivity index (χ2v) is 7.01. The topological polar surface area (TPSA) is 113 Å². The van der Waals surface area contributed by atoms with E-state index in [1.54, 1.807) is 0 Å². The molecule has 3 rings (SSSR count). The van der Waals surface area contributed by atoms with E-state index in [4.69, 9.17) is 4.74 Å². The van der Waals surface area contributed by atoms with E-state index in [-0.39, 0.29) is 23.2 Å². The molecule has 29 heavy (non-hydrogen) atoms. The van der Waals surface area contributed by atoms with Gasteiger partial charge in [0.05, 0.1) is 19.3 Å². The molecular formula is C21H20FNO6. The van der Waals surface area contributed by atoms with E-state index in [9.17, 15) is 29.0 Å². The van der Waals surface area contributed by atoms with Crippen LogP contribution in [0.1, 0.15) is 40.7 Å². The van der Waals surface area contributed by atoms with Gasteiger partial charge in [0, 0.05) is 23.1 Å². The second-order valence-electron chi connectivity index (χ2n) is 7.01. The number of carboxylic acids is 1. The lowest BCUT2D eigenvalue weighted by Crippen LogP contribution is -2.27. The third-order valence-electron chi connectivity index (χ3n) is 5.11. The van der Waals surface area contributed by atoms with E-state index in [0.29, 0.717) is 24.2 Å². The van der Waals surface area contributed by atoms with Crippen molar-refractivity contribution in [3.05, 3.63) is 58.9 Å². The van der Waals surface area contributed by atoms with Gasteiger partial charge in [-0.15, -0.1) is 0 Å². The first-order valence-electron chi connectivity index (χ1n) is 8.95. The lowest BCUT2D eigenvalue weighted by atomic mass is 9.89. The number of hydrogen-bond donors (Lipinski definition) is 3. The van der Waals surface area contributed by atoms with Crippen molar-refractivity contribution in [3.63, 3.8) is 0 Å². The maximum absolute atomic E-state index is 13.7. The fraction of sp³-hybridized carbons (Fsp3) is 0.286. The summed E-state index contributed by atoms with van der Waals surface area (Å²) >= 11 is 0. The molecule has 0 aromatic heterocycles. The Labute approximate surface area is 166 Å². The first-order chi connectivity index (χ1) is 13.8. The summed E-state index contributed by atoms with van der Waals surface area (Å²) in [7, 11) is 1.46. The number of anilines is 1. The SMILES string of the molecule is COc1ccc(F)cc1C1(CC(=O)C(=O)Nc2ccc(CO)c(C(=O)O)c2)CC1. The molecule has 0 unspecified atom stereocenters. The molecule has 1 amide bonds. The van der Waals surface area contributed by atoms with Crippen molar-refractivity contribution in [1.29, 1.82) is 0 Å². The molecule has 0 atom stereocenters. The molecule has 0 radical (unpaired) electrons. The molecule has 1 saturated carbocycles. The minimum absolute atomic E-state index is 0.112. The van der Waals surface area contributed by atoms with Crippen molar-refractivity contribution >= 4 is 23.3 Å². The zero-order valence-corrected chi connectivity index (χ0v) is 15.7. The number of aliphatic hydroxyl groups excluding tert-OH is 1. The molecule has 0 bridgehead atoms. The van der Waals surface area contributed by atoms with Gasteiger partial charge in [0.1, 0.15) is 11.6 Å². The van der Waals surface area contributed by atoms with Crippen molar-refractivity contribution in [3.8, 4) is 5.75 Å². The predicted octanol–water partition coefficient (Wildman–Crippen LogP) is 2.65. The summed E-state index contributed by atoms with van der Waals surface area (Å²) < 4.78 is 19.0. The lowest BCUT2D eigenvalue weighted by Gasteiger charge is -2.18. The maximum atomic E-state index is 13.7. The minimum atomic E-state index is -1.26. The highest BCUT2D eigenvalue weighted by Crippen LogP contribution is 2.54. The third-order valence-corrected chi connectivity index (χ3v) is 5.11. The molecule has 0 spiro atoms. The Morgan fingerprint density at radius 3 is 2.48 bits per heavy atom. The predicted molar refractivity (Wildman–Crippen MR) is 101 cm³/mol. The van der Waals surface area contributed by atoms with Gasteiger partial charge < -0.3 is 20.3 Å². The molecule has 2 aromatic rings. The van der Waals surface area contributed by atoms with Gasteiger partial charge in [0.2, 0.25) is 5.78 Å². The van der Waals surface area contributed by atoms with Crippen molar-refractivity contribution < 1.29 is 33.7 Å². The Hall–Kier alpha value is -3.26. The molecule has 7 nitrogen and oxygen atoms in total. The maximum Gasteiger partial charge on any atom is 0.336 e. The van der Waals surface area contributed by atoms with Crippen LogP contribution < -0.4 is 10.1 Å². The highest BCUT2D eigenvalue weighted by Gasteiger charge is 2.48. The Morgan fingerprint density at radius 2 is 1.90 bits per heavy atom. The minimum Gasteiger partial charge on any atom is -0.496 e. The largest absolute Gasteiger partial charge is 0.496 e. The van der Waals surface area contributed by atoms with Gasteiger partial charge in [0.25, 0.3) is 5.91 Å². The van der Waals surface area contributed by atoms with Crippen LogP contribution in [0.25, 0.3) is 0 Å². The number of halogens is 1. The van der Waals surface area contributed by atoms with Gasteiger partial charge >= 0.3 is 5.97 Å². The number of amides is 1. The summed E-state index contributed by atoms with van der Waals surface area (Å²) in [6.07, 6.45) is 1.14. The average molecular weight is 401 g/mol. The van der Waals surface area contributed by atoms with E-state index >= 15 is 0 Å². The molecule has 1 fully saturated rings. The Kier molecular flexibility index (Phi) is 5.65. The fourth-order valence-electron chi connectivity index (χ4n) is 3.37. The first-order valence-corrected chi connectivity index (χ1v) is 8.95. The van der Waals surface area contributed by atoms with Gasteiger partial charge in [0.15, 0.2) is 0 Å². The molecule has 0 aliphatic heterocycles. The Balaban J connectivity index is 1.75. The molecule has 152 valence electrons. The summed E-state index contributed by atoms with van der Waals surface area (Å²) in [5.41, 5.74) is 0.0695. The molecule has 8 heteroatoms. The van der Waals surface area contributed by atoms with Gasteiger partial charge in [-0.3, -0.25) is 9.59 Å². The van der Waals surface area contributed by atoms with E-state index < -0.39 is 35.5 Å². The van der Waals surface area contributed by atoms with E-state index in [0.717, 1.165) is 0 Å². The zero-order chi connectivity index (χ0) is 21.2. The smallest absolute Gasteiger partial charge is 0.336 e. The number of ether oxygens (including phenoxy) is 1. The number of Topliss-reactive ketones (excluding diaryl/α,β-unsaturated/α-hetero) is 1. The van der Waals surface area contributed by atoms with Crippen LogP contribution in [0.5, 0.6) is 5.75 Å². The number of benzene rings is 2. The monoisotopic (exact) mass is 401 g/mol. The van der Waals surface area contributed by atoms with Crippen LogP contribution in [0.15, 0.2) is 36.4 Å². The number of methoxy groups -OCH3 is 1. The van der Waals surface area contributed by atoms with E-state index in [1.807, 2.05) is 0 Å². The average Bonchev–Trinajstić information content (AvgIpc) is 3.48. The summed E-state index contributed by atoms with van der Waals surface area (Å²) in [4.78, 5) is 36.1. The van der Waals surface area contributed by atoms with Crippen molar-refractivity contribution in [2.75, 3.05) is 12.4 Å². The Morgan fingerprint density at radius 1 is 1.17 bits per heavy atom. The molecule has 1 aliphatic rings. The van der Waals surface area contributed by atoms with Crippen LogP contribution in [-0.2, 0) is 21.6 Å². The number of carbonyl (C=O) groups is 3.